The van der Waals surface area contributed by atoms with E-state index in [0.717, 1.165) is 12.2 Å². The number of thiophene rings is 1. The van der Waals surface area contributed by atoms with E-state index in [1.165, 1.54) is 29.7 Å². The second kappa shape index (κ2) is 4.65. The van der Waals surface area contributed by atoms with Crippen molar-refractivity contribution in [3.63, 3.8) is 0 Å². The van der Waals surface area contributed by atoms with Gasteiger partial charge in [-0.25, -0.2) is 0 Å². The van der Waals surface area contributed by atoms with Gasteiger partial charge in [0.25, 0.3) is 0 Å². The van der Waals surface area contributed by atoms with E-state index in [0.29, 0.717) is 6.04 Å². The standard InChI is InChI=1S/C15H18N2S/c1-11-8-13(16)2-5-15(11)17(14-3-4-14)9-12-6-7-18-10-12/h2,5-8,10,14H,3-4,9,16H2,1H3. The van der Waals surface area contributed by atoms with Gasteiger partial charge in [-0.05, 0) is 65.9 Å². The van der Waals surface area contributed by atoms with E-state index >= 15 is 0 Å². The fourth-order valence-electron chi connectivity index (χ4n) is 2.38. The highest BCUT2D eigenvalue weighted by Gasteiger charge is 2.30. The van der Waals surface area contributed by atoms with Crippen LogP contribution in [0, 0.1) is 6.92 Å². The minimum Gasteiger partial charge on any atom is -0.399 e. The van der Waals surface area contributed by atoms with Crippen molar-refractivity contribution in [1.29, 1.82) is 0 Å². The molecule has 1 aliphatic rings. The fraction of sp³-hybridized carbons (Fsp3) is 0.333. The van der Waals surface area contributed by atoms with Gasteiger partial charge in [-0.3, -0.25) is 0 Å². The Balaban J connectivity index is 1.89. The van der Waals surface area contributed by atoms with Gasteiger partial charge in [0.15, 0.2) is 0 Å². The van der Waals surface area contributed by atoms with Crippen LogP contribution < -0.4 is 10.6 Å². The topological polar surface area (TPSA) is 29.3 Å². The van der Waals surface area contributed by atoms with Gasteiger partial charge in [0.2, 0.25) is 0 Å². The van der Waals surface area contributed by atoms with Crippen LogP contribution in [-0.4, -0.2) is 6.04 Å². The van der Waals surface area contributed by atoms with Crippen molar-refractivity contribution in [3.8, 4) is 0 Å². The highest BCUT2D eigenvalue weighted by Crippen LogP contribution is 2.35. The predicted molar refractivity (Wildman–Crippen MR) is 79.1 cm³/mol. The van der Waals surface area contributed by atoms with Crippen LogP contribution in [0.5, 0.6) is 0 Å². The lowest BCUT2D eigenvalue weighted by molar-refractivity contribution is 0.793. The summed E-state index contributed by atoms with van der Waals surface area (Å²) in [5.74, 6) is 0. The van der Waals surface area contributed by atoms with Gasteiger partial charge in [0.1, 0.15) is 0 Å². The number of nitrogens with two attached hydrogens (primary N) is 1. The van der Waals surface area contributed by atoms with Crippen molar-refractivity contribution in [1.82, 2.24) is 0 Å². The molecule has 1 aromatic carbocycles. The lowest BCUT2D eigenvalue weighted by Crippen LogP contribution is -2.25. The van der Waals surface area contributed by atoms with Gasteiger partial charge < -0.3 is 10.6 Å². The van der Waals surface area contributed by atoms with Gasteiger partial charge in [-0.2, -0.15) is 11.3 Å². The summed E-state index contributed by atoms with van der Waals surface area (Å²) in [4.78, 5) is 2.52. The van der Waals surface area contributed by atoms with Crippen molar-refractivity contribution in [2.45, 2.75) is 32.4 Å². The molecule has 1 aromatic heterocycles. The molecule has 0 saturated heterocycles. The molecule has 0 unspecified atom stereocenters. The molecule has 0 radical (unpaired) electrons. The lowest BCUT2D eigenvalue weighted by Gasteiger charge is -2.26. The van der Waals surface area contributed by atoms with Crippen molar-refractivity contribution in [2.24, 2.45) is 0 Å². The summed E-state index contributed by atoms with van der Waals surface area (Å²) in [6, 6.07) is 9.17. The zero-order valence-electron chi connectivity index (χ0n) is 10.6. The minimum atomic E-state index is 0.715. The summed E-state index contributed by atoms with van der Waals surface area (Å²) in [6.07, 6.45) is 2.63. The summed E-state index contributed by atoms with van der Waals surface area (Å²) >= 11 is 1.77. The second-order valence-electron chi connectivity index (χ2n) is 5.04. The molecule has 3 rings (SSSR count). The number of benzene rings is 1. The number of rotatable bonds is 4. The molecule has 18 heavy (non-hydrogen) atoms. The maximum atomic E-state index is 5.84. The molecular formula is C15H18N2S. The summed E-state index contributed by atoms with van der Waals surface area (Å²) < 4.78 is 0. The van der Waals surface area contributed by atoms with E-state index in [1.807, 2.05) is 6.07 Å². The number of aryl methyl sites for hydroxylation is 1. The number of nitrogen functional groups attached to an aromatic ring is 1. The molecule has 1 fully saturated rings. The number of anilines is 2. The zero-order chi connectivity index (χ0) is 12.5. The van der Waals surface area contributed by atoms with Crippen LogP contribution in [0.2, 0.25) is 0 Å². The van der Waals surface area contributed by atoms with Crippen molar-refractivity contribution >= 4 is 22.7 Å². The molecule has 1 heterocycles. The molecule has 2 nitrogen and oxygen atoms in total. The normalized spacial score (nSPS) is 14.7. The van der Waals surface area contributed by atoms with Crippen LogP contribution in [0.4, 0.5) is 11.4 Å². The van der Waals surface area contributed by atoms with Gasteiger partial charge in [-0.15, -0.1) is 0 Å². The van der Waals surface area contributed by atoms with Crippen LogP contribution in [0.25, 0.3) is 0 Å². The second-order valence-corrected chi connectivity index (χ2v) is 5.82. The van der Waals surface area contributed by atoms with Gasteiger partial charge in [0, 0.05) is 24.0 Å². The van der Waals surface area contributed by atoms with Crippen LogP contribution >= 0.6 is 11.3 Å². The molecule has 1 aliphatic carbocycles. The third-order valence-corrected chi connectivity index (χ3v) is 4.18. The number of nitrogens with zero attached hydrogens (tertiary/aromatic N) is 1. The fourth-order valence-corrected chi connectivity index (χ4v) is 3.04. The third kappa shape index (κ3) is 2.36. The van der Waals surface area contributed by atoms with E-state index < -0.39 is 0 Å². The average Bonchev–Trinajstić information content (AvgIpc) is 3.05. The average molecular weight is 258 g/mol. The third-order valence-electron chi connectivity index (χ3n) is 3.45. The molecule has 2 N–H and O–H groups in total. The van der Waals surface area contributed by atoms with Crippen LogP contribution in [0.15, 0.2) is 35.0 Å². The zero-order valence-corrected chi connectivity index (χ0v) is 11.4. The first-order valence-electron chi connectivity index (χ1n) is 6.38. The van der Waals surface area contributed by atoms with Crippen molar-refractivity contribution < 1.29 is 0 Å². The molecule has 1 saturated carbocycles. The Morgan fingerprint density at radius 1 is 1.33 bits per heavy atom. The minimum absolute atomic E-state index is 0.715. The van der Waals surface area contributed by atoms with E-state index in [9.17, 15) is 0 Å². The highest BCUT2D eigenvalue weighted by molar-refractivity contribution is 7.07. The maximum absolute atomic E-state index is 5.84. The summed E-state index contributed by atoms with van der Waals surface area (Å²) in [6.45, 7) is 3.16. The van der Waals surface area contributed by atoms with E-state index in [1.54, 1.807) is 11.3 Å². The van der Waals surface area contributed by atoms with E-state index in [2.05, 4.69) is 40.8 Å². The Labute approximate surface area is 112 Å². The Bertz CT molecular complexity index is 529. The van der Waals surface area contributed by atoms with Crippen LogP contribution in [-0.2, 0) is 6.54 Å². The molecular weight excluding hydrogens is 240 g/mol. The first-order chi connectivity index (χ1) is 8.74. The molecule has 0 atom stereocenters. The first kappa shape index (κ1) is 11.6. The largest absolute Gasteiger partial charge is 0.399 e. The Hall–Kier alpha value is -1.48. The SMILES string of the molecule is Cc1cc(N)ccc1N(Cc1ccsc1)C1CC1. The quantitative estimate of drug-likeness (QED) is 0.845. The van der Waals surface area contributed by atoms with Crippen LogP contribution in [0.3, 0.4) is 0 Å². The molecule has 3 heteroatoms. The first-order valence-corrected chi connectivity index (χ1v) is 7.32. The molecule has 0 amide bonds. The Morgan fingerprint density at radius 2 is 2.17 bits per heavy atom. The monoisotopic (exact) mass is 258 g/mol. The summed E-state index contributed by atoms with van der Waals surface area (Å²) in [5.41, 5.74) is 10.7. The molecule has 0 bridgehead atoms. The Kier molecular flexibility index (Phi) is 3.00. The van der Waals surface area contributed by atoms with Gasteiger partial charge >= 0.3 is 0 Å². The number of hydrogen-bond acceptors (Lipinski definition) is 3. The predicted octanol–water partition coefficient (Wildman–Crippen LogP) is 3.81. The lowest BCUT2D eigenvalue weighted by atomic mass is 10.1. The maximum Gasteiger partial charge on any atom is 0.0440 e. The van der Waals surface area contributed by atoms with Crippen LogP contribution in [0.1, 0.15) is 24.0 Å². The van der Waals surface area contributed by atoms with Gasteiger partial charge in [-0.1, -0.05) is 0 Å². The summed E-state index contributed by atoms with van der Waals surface area (Å²) in [7, 11) is 0. The summed E-state index contributed by atoms with van der Waals surface area (Å²) in [5, 5.41) is 4.39. The highest BCUT2D eigenvalue weighted by atomic mass is 32.1. The van der Waals surface area contributed by atoms with Crippen molar-refractivity contribution in [3.05, 3.63) is 46.2 Å². The molecule has 0 spiro atoms. The van der Waals surface area contributed by atoms with E-state index in [4.69, 9.17) is 5.73 Å². The van der Waals surface area contributed by atoms with E-state index in [-0.39, 0.29) is 0 Å². The van der Waals surface area contributed by atoms with Gasteiger partial charge in [0.05, 0.1) is 0 Å². The van der Waals surface area contributed by atoms with Crippen molar-refractivity contribution in [2.75, 3.05) is 10.6 Å². The smallest absolute Gasteiger partial charge is 0.0440 e. The molecule has 94 valence electrons. The molecule has 0 aliphatic heterocycles. The Morgan fingerprint density at radius 3 is 2.78 bits per heavy atom. The number of hydrogen-bond donors (Lipinski definition) is 1. The molecule has 2 aromatic rings.